The maximum atomic E-state index is 12.9. The number of rotatable bonds is 5. The maximum absolute atomic E-state index is 12.9. The van der Waals surface area contributed by atoms with Gasteiger partial charge in [-0.15, -0.1) is 0 Å². The topological polar surface area (TPSA) is 43.4 Å². The molecular formula is C22H18O3. The molecule has 0 amide bonds. The average Bonchev–Trinajstić information content (AvgIpc) is 2.67. The highest BCUT2D eigenvalue weighted by Gasteiger charge is 2.26. The fourth-order valence-corrected chi connectivity index (χ4v) is 2.60. The van der Waals surface area contributed by atoms with E-state index in [0.717, 1.165) is 5.56 Å². The molecule has 0 bridgehead atoms. The molecule has 0 radical (unpaired) electrons. The van der Waals surface area contributed by atoms with Crippen LogP contribution in [0.15, 0.2) is 84.9 Å². The first-order chi connectivity index (χ1) is 12.1. The van der Waals surface area contributed by atoms with Gasteiger partial charge in [-0.05, 0) is 19.1 Å². The van der Waals surface area contributed by atoms with Crippen molar-refractivity contribution in [3.63, 3.8) is 0 Å². The van der Waals surface area contributed by atoms with Crippen LogP contribution in [-0.4, -0.2) is 11.8 Å². The first-order valence-corrected chi connectivity index (χ1v) is 8.07. The lowest BCUT2D eigenvalue weighted by atomic mass is 9.99. The Balaban J connectivity index is 1.92. The van der Waals surface area contributed by atoms with Gasteiger partial charge < -0.3 is 4.74 Å². The van der Waals surface area contributed by atoms with E-state index in [9.17, 15) is 9.59 Å². The zero-order valence-electron chi connectivity index (χ0n) is 13.9. The summed E-state index contributed by atoms with van der Waals surface area (Å²) in [5.74, 6) is -0.755. The molecule has 0 aliphatic carbocycles. The van der Waals surface area contributed by atoms with Gasteiger partial charge in [0, 0.05) is 11.1 Å². The van der Waals surface area contributed by atoms with Gasteiger partial charge in [0.2, 0.25) is 5.78 Å². The first-order valence-electron chi connectivity index (χ1n) is 8.07. The van der Waals surface area contributed by atoms with E-state index in [1.165, 1.54) is 0 Å². The molecule has 0 aliphatic heterocycles. The van der Waals surface area contributed by atoms with Gasteiger partial charge in [0.15, 0.2) is 6.10 Å². The third kappa shape index (κ3) is 4.01. The molecule has 0 fully saturated rings. The summed E-state index contributed by atoms with van der Waals surface area (Å²) in [4.78, 5) is 25.4. The van der Waals surface area contributed by atoms with Crippen LogP contribution in [0.5, 0.6) is 0 Å². The molecule has 0 saturated carbocycles. The number of hydrogen-bond acceptors (Lipinski definition) is 3. The zero-order valence-corrected chi connectivity index (χ0v) is 13.9. The smallest absolute Gasteiger partial charge is 0.339 e. The second kappa shape index (κ2) is 7.58. The monoisotopic (exact) mass is 330 g/mol. The SMILES string of the molecule is Cc1cccc(C(=O)OC(C(=O)c2ccccc2)c2ccccc2)c1. The van der Waals surface area contributed by atoms with Crippen molar-refractivity contribution in [2.24, 2.45) is 0 Å². The van der Waals surface area contributed by atoms with Crippen LogP contribution in [0.1, 0.15) is 37.9 Å². The maximum Gasteiger partial charge on any atom is 0.339 e. The number of benzene rings is 3. The molecule has 3 aromatic carbocycles. The lowest BCUT2D eigenvalue weighted by Crippen LogP contribution is -2.20. The molecule has 3 nitrogen and oxygen atoms in total. The van der Waals surface area contributed by atoms with Crippen LogP contribution in [0.3, 0.4) is 0 Å². The Hall–Kier alpha value is -3.20. The van der Waals surface area contributed by atoms with E-state index in [2.05, 4.69) is 0 Å². The number of esters is 1. The van der Waals surface area contributed by atoms with E-state index in [0.29, 0.717) is 16.7 Å². The summed E-state index contributed by atoms with van der Waals surface area (Å²) in [5.41, 5.74) is 2.55. The van der Waals surface area contributed by atoms with Crippen molar-refractivity contribution in [2.45, 2.75) is 13.0 Å². The number of carbonyl (C=O) groups excluding carboxylic acids is 2. The molecule has 25 heavy (non-hydrogen) atoms. The molecule has 3 heteroatoms. The molecule has 1 atom stereocenters. The number of ketones is 1. The molecule has 124 valence electrons. The van der Waals surface area contributed by atoms with Crippen LogP contribution in [0, 0.1) is 6.92 Å². The molecule has 3 rings (SSSR count). The first kappa shape index (κ1) is 16.7. The van der Waals surface area contributed by atoms with Gasteiger partial charge in [-0.3, -0.25) is 4.79 Å². The Kier molecular flexibility index (Phi) is 5.05. The molecule has 1 unspecified atom stereocenters. The van der Waals surface area contributed by atoms with E-state index >= 15 is 0 Å². The average molecular weight is 330 g/mol. The molecule has 3 aromatic rings. The van der Waals surface area contributed by atoms with Crippen molar-refractivity contribution in [3.8, 4) is 0 Å². The lowest BCUT2D eigenvalue weighted by Gasteiger charge is -2.17. The van der Waals surface area contributed by atoms with Crippen LogP contribution in [0.2, 0.25) is 0 Å². The second-order valence-electron chi connectivity index (χ2n) is 5.80. The molecule has 0 aliphatic rings. The molecule has 0 aromatic heterocycles. The normalized spacial score (nSPS) is 11.6. The highest BCUT2D eigenvalue weighted by atomic mass is 16.5. The number of Topliss-reactive ketones (excluding diaryl/α,β-unsaturated/α-hetero) is 1. The van der Waals surface area contributed by atoms with Gasteiger partial charge in [-0.1, -0.05) is 78.4 Å². The summed E-state index contributed by atoms with van der Waals surface area (Å²) in [7, 11) is 0. The third-order valence-electron chi connectivity index (χ3n) is 3.88. The van der Waals surface area contributed by atoms with Crippen molar-refractivity contribution < 1.29 is 14.3 Å². The number of hydrogen-bond donors (Lipinski definition) is 0. The Morgan fingerprint density at radius 2 is 1.36 bits per heavy atom. The van der Waals surface area contributed by atoms with Crippen LogP contribution >= 0.6 is 0 Å². The van der Waals surface area contributed by atoms with Crippen molar-refractivity contribution in [1.29, 1.82) is 0 Å². The third-order valence-corrected chi connectivity index (χ3v) is 3.88. The predicted molar refractivity (Wildman–Crippen MR) is 96.6 cm³/mol. The largest absolute Gasteiger partial charge is 0.445 e. The standard InChI is InChI=1S/C22H18O3/c1-16-9-8-14-19(15-16)22(24)25-21(18-12-6-3-7-13-18)20(23)17-10-4-2-5-11-17/h2-15,21H,1H3. The Bertz CT molecular complexity index is 870. The minimum Gasteiger partial charge on any atom is -0.445 e. The van der Waals surface area contributed by atoms with Gasteiger partial charge >= 0.3 is 5.97 Å². The number of carbonyl (C=O) groups is 2. The zero-order chi connectivity index (χ0) is 17.6. The van der Waals surface area contributed by atoms with Crippen LogP contribution in [0.25, 0.3) is 0 Å². The molecule has 0 spiro atoms. The fourth-order valence-electron chi connectivity index (χ4n) is 2.60. The van der Waals surface area contributed by atoms with Crippen molar-refractivity contribution in [1.82, 2.24) is 0 Å². The van der Waals surface area contributed by atoms with Crippen LogP contribution in [0.4, 0.5) is 0 Å². The highest BCUT2D eigenvalue weighted by molar-refractivity contribution is 6.02. The highest BCUT2D eigenvalue weighted by Crippen LogP contribution is 2.24. The Morgan fingerprint density at radius 1 is 0.760 bits per heavy atom. The summed E-state index contributed by atoms with van der Waals surface area (Å²) < 4.78 is 5.61. The van der Waals surface area contributed by atoms with Crippen molar-refractivity contribution in [2.75, 3.05) is 0 Å². The predicted octanol–water partition coefficient (Wildman–Crippen LogP) is 4.78. The molecule has 0 saturated heterocycles. The summed E-state index contributed by atoms with van der Waals surface area (Å²) in [6.45, 7) is 1.90. The van der Waals surface area contributed by atoms with E-state index in [1.807, 2.05) is 37.3 Å². The van der Waals surface area contributed by atoms with Crippen LogP contribution in [-0.2, 0) is 4.74 Å². The van der Waals surface area contributed by atoms with Gasteiger partial charge in [0.1, 0.15) is 0 Å². The fraction of sp³-hybridized carbons (Fsp3) is 0.0909. The van der Waals surface area contributed by atoms with Gasteiger partial charge in [0.05, 0.1) is 5.56 Å². The molecular weight excluding hydrogens is 312 g/mol. The number of ether oxygens (including phenoxy) is 1. The minimum atomic E-state index is -0.975. The van der Waals surface area contributed by atoms with Gasteiger partial charge in [-0.2, -0.15) is 0 Å². The Labute approximate surface area is 146 Å². The summed E-state index contributed by atoms with van der Waals surface area (Å²) in [6.07, 6.45) is -0.975. The molecule has 0 N–H and O–H groups in total. The van der Waals surface area contributed by atoms with E-state index < -0.39 is 12.1 Å². The summed E-state index contributed by atoms with van der Waals surface area (Å²) in [6, 6.07) is 25.1. The minimum absolute atomic E-state index is 0.243. The summed E-state index contributed by atoms with van der Waals surface area (Å²) in [5, 5.41) is 0. The van der Waals surface area contributed by atoms with Crippen LogP contribution < -0.4 is 0 Å². The van der Waals surface area contributed by atoms with Gasteiger partial charge in [0.25, 0.3) is 0 Å². The quantitative estimate of drug-likeness (QED) is 0.500. The second-order valence-corrected chi connectivity index (χ2v) is 5.80. The van der Waals surface area contributed by atoms with E-state index in [4.69, 9.17) is 4.74 Å². The van der Waals surface area contributed by atoms with Crippen molar-refractivity contribution >= 4 is 11.8 Å². The summed E-state index contributed by atoms with van der Waals surface area (Å²) >= 11 is 0. The van der Waals surface area contributed by atoms with Crippen molar-refractivity contribution in [3.05, 3.63) is 107 Å². The molecule has 0 heterocycles. The lowest BCUT2D eigenvalue weighted by molar-refractivity contribution is 0.0280. The van der Waals surface area contributed by atoms with E-state index in [-0.39, 0.29) is 5.78 Å². The van der Waals surface area contributed by atoms with Gasteiger partial charge in [-0.25, -0.2) is 4.79 Å². The van der Waals surface area contributed by atoms with E-state index in [1.54, 1.807) is 54.6 Å². The Morgan fingerprint density at radius 3 is 2.00 bits per heavy atom. The number of aryl methyl sites for hydroxylation is 1.